The molecule has 0 bridgehead atoms. The lowest BCUT2D eigenvalue weighted by Gasteiger charge is -2.24. The van der Waals surface area contributed by atoms with Gasteiger partial charge >= 0.3 is 0 Å². The molecule has 0 aliphatic carbocycles. The Hall–Kier alpha value is -0.630. The number of rotatable bonds is 2. The molecule has 0 spiro atoms. The average Bonchev–Trinajstić information content (AvgIpc) is 2.04. The van der Waals surface area contributed by atoms with Gasteiger partial charge in [-0.05, 0) is 11.5 Å². The monoisotopic (exact) mass is 198 g/mol. The number of alkyl halides is 1. The Bertz CT molecular complexity index is 253. The van der Waals surface area contributed by atoms with Crippen molar-refractivity contribution in [2.75, 3.05) is 0 Å². The zero-order chi connectivity index (χ0) is 9.90. The minimum atomic E-state index is 0.0786. The molecule has 0 fully saturated rings. The molecule has 1 unspecified atom stereocenters. The fourth-order valence-electron chi connectivity index (χ4n) is 0.902. The molecule has 1 rings (SSSR count). The zero-order valence-electron chi connectivity index (χ0n) is 8.29. The Morgan fingerprint density at radius 3 is 2.31 bits per heavy atom. The maximum absolute atomic E-state index is 6.21. The highest BCUT2D eigenvalue weighted by molar-refractivity contribution is 6.21. The van der Waals surface area contributed by atoms with Crippen molar-refractivity contribution < 1.29 is 0 Å². The van der Waals surface area contributed by atoms with E-state index in [2.05, 4.69) is 30.7 Å². The summed E-state index contributed by atoms with van der Waals surface area (Å²) in [7, 11) is 0. The first-order chi connectivity index (χ1) is 6.00. The number of hydrogen-bond acceptors (Lipinski definition) is 2. The van der Waals surface area contributed by atoms with Crippen LogP contribution in [-0.2, 0) is 6.42 Å². The summed E-state index contributed by atoms with van der Waals surface area (Å²) in [4.78, 5) is 8.27. The normalized spacial score (nSPS) is 14.2. The van der Waals surface area contributed by atoms with Crippen LogP contribution in [0.1, 0.15) is 26.6 Å². The predicted molar refractivity (Wildman–Crippen MR) is 54.8 cm³/mol. The summed E-state index contributed by atoms with van der Waals surface area (Å²) in [6.07, 6.45) is 4.22. The van der Waals surface area contributed by atoms with Crippen molar-refractivity contribution in [1.29, 1.82) is 0 Å². The van der Waals surface area contributed by atoms with E-state index in [-0.39, 0.29) is 10.8 Å². The van der Waals surface area contributed by atoms with Gasteiger partial charge < -0.3 is 0 Å². The average molecular weight is 199 g/mol. The van der Waals surface area contributed by atoms with E-state index >= 15 is 0 Å². The van der Waals surface area contributed by atoms with Crippen LogP contribution < -0.4 is 0 Å². The first kappa shape index (κ1) is 10.5. The summed E-state index contributed by atoms with van der Waals surface area (Å²) in [5, 5.41) is 0.0786. The van der Waals surface area contributed by atoms with E-state index in [1.165, 1.54) is 0 Å². The minimum absolute atomic E-state index is 0.0786. The molecule has 0 saturated heterocycles. The fraction of sp³-hybridized carbons (Fsp3) is 0.600. The molecule has 3 heteroatoms. The highest BCUT2D eigenvalue weighted by Gasteiger charge is 2.23. The third kappa shape index (κ3) is 3.31. The van der Waals surface area contributed by atoms with E-state index in [1.54, 1.807) is 12.4 Å². The van der Waals surface area contributed by atoms with Crippen LogP contribution in [0.4, 0.5) is 0 Å². The second-order valence-electron chi connectivity index (χ2n) is 4.20. The van der Waals surface area contributed by atoms with Gasteiger partial charge in [-0.1, -0.05) is 20.8 Å². The molecule has 13 heavy (non-hydrogen) atoms. The zero-order valence-corrected chi connectivity index (χ0v) is 9.04. The van der Waals surface area contributed by atoms with Crippen LogP contribution in [0.3, 0.4) is 0 Å². The summed E-state index contributed by atoms with van der Waals surface area (Å²) >= 11 is 6.21. The number of nitrogens with zero attached hydrogens (tertiary/aromatic N) is 2. The van der Waals surface area contributed by atoms with E-state index in [4.69, 9.17) is 11.6 Å². The van der Waals surface area contributed by atoms with Gasteiger partial charge in [0.15, 0.2) is 0 Å². The van der Waals surface area contributed by atoms with Crippen LogP contribution in [0.15, 0.2) is 18.5 Å². The van der Waals surface area contributed by atoms with Crippen LogP contribution >= 0.6 is 11.6 Å². The van der Waals surface area contributed by atoms with Gasteiger partial charge in [-0.3, -0.25) is 0 Å². The van der Waals surface area contributed by atoms with Crippen molar-refractivity contribution in [2.45, 2.75) is 32.6 Å². The highest BCUT2D eigenvalue weighted by Crippen LogP contribution is 2.26. The van der Waals surface area contributed by atoms with Crippen LogP contribution in [0.2, 0.25) is 0 Å². The summed E-state index contributed by atoms with van der Waals surface area (Å²) in [6, 6.07) is 1.81. The second kappa shape index (κ2) is 4.05. The summed E-state index contributed by atoms with van der Waals surface area (Å²) in [5.41, 5.74) is 0.0980. The van der Waals surface area contributed by atoms with Gasteiger partial charge in [0.2, 0.25) is 0 Å². The smallest absolute Gasteiger partial charge is 0.129 e. The Balaban J connectivity index is 2.61. The molecule has 0 N–H and O–H groups in total. The summed E-state index contributed by atoms with van der Waals surface area (Å²) < 4.78 is 0. The van der Waals surface area contributed by atoms with E-state index < -0.39 is 0 Å². The van der Waals surface area contributed by atoms with Gasteiger partial charge in [-0.2, -0.15) is 0 Å². The van der Waals surface area contributed by atoms with Gasteiger partial charge in [0.1, 0.15) is 5.82 Å². The molecule has 72 valence electrons. The predicted octanol–water partition coefficient (Wildman–Crippen LogP) is 2.67. The van der Waals surface area contributed by atoms with Gasteiger partial charge in [-0.25, -0.2) is 9.97 Å². The van der Waals surface area contributed by atoms with Crippen LogP contribution in [-0.4, -0.2) is 15.3 Å². The van der Waals surface area contributed by atoms with Crippen LogP contribution in [0, 0.1) is 5.41 Å². The van der Waals surface area contributed by atoms with E-state index in [0.717, 1.165) is 12.2 Å². The lowest BCUT2D eigenvalue weighted by atomic mass is 9.90. The summed E-state index contributed by atoms with van der Waals surface area (Å²) in [6.45, 7) is 6.36. The number of aromatic nitrogens is 2. The SMILES string of the molecule is CC(C)(C)C(Cl)Cc1ncccn1. The van der Waals surface area contributed by atoms with E-state index in [1.807, 2.05) is 6.07 Å². The summed E-state index contributed by atoms with van der Waals surface area (Å²) in [5.74, 6) is 0.817. The maximum atomic E-state index is 6.21. The molecule has 1 aromatic rings. The Labute approximate surface area is 84.4 Å². The van der Waals surface area contributed by atoms with E-state index in [9.17, 15) is 0 Å². The molecule has 0 saturated carbocycles. The quantitative estimate of drug-likeness (QED) is 0.683. The third-order valence-electron chi connectivity index (χ3n) is 1.92. The van der Waals surface area contributed by atoms with Crippen LogP contribution in [0.5, 0.6) is 0 Å². The van der Waals surface area contributed by atoms with Crippen molar-refractivity contribution in [3.63, 3.8) is 0 Å². The maximum Gasteiger partial charge on any atom is 0.129 e. The number of hydrogen-bond donors (Lipinski definition) is 0. The Morgan fingerprint density at radius 1 is 1.31 bits per heavy atom. The molecule has 2 nitrogen and oxygen atoms in total. The van der Waals surface area contributed by atoms with Crippen molar-refractivity contribution in [2.24, 2.45) is 5.41 Å². The van der Waals surface area contributed by atoms with Crippen molar-refractivity contribution in [1.82, 2.24) is 9.97 Å². The molecule has 1 aromatic heterocycles. The van der Waals surface area contributed by atoms with Gasteiger partial charge in [0, 0.05) is 24.2 Å². The largest absolute Gasteiger partial charge is 0.241 e. The molecular weight excluding hydrogens is 184 g/mol. The molecule has 0 radical (unpaired) electrons. The second-order valence-corrected chi connectivity index (χ2v) is 4.73. The molecule has 0 amide bonds. The molecular formula is C10H15ClN2. The van der Waals surface area contributed by atoms with Crippen molar-refractivity contribution in [3.8, 4) is 0 Å². The van der Waals surface area contributed by atoms with Crippen molar-refractivity contribution >= 4 is 11.6 Å². The number of halogens is 1. The molecule has 0 aliphatic rings. The first-order valence-corrected chi connectivity index (χ1v) is 4.84. The van der Waals surface area contributed by atoms with E-state index in [0.29, 0.717) is 0 Å². The minimum Gasteiger partial charge on any atom is -0.241 e. The fourth-order valence-corrected chi connectivity index (χ4v) is 1.04. The van der Waals surface area contributed by atoms with Crippen molar-refractivity contribution in [3.05, 3.63) is 24.3 Å². The standard InChI is InChI=1S/C10H15ClN2/c1-10(2,3)8(11)7-9-12-5-4-6-13-9/h4-6,8H,7H2,1-3H3. The highest BCUT2D eigenvalue weighted by atomic mass is 35.5. The van der Waals surface area contributed by atoms with Gasteiger partial charge in [0.05, 0.1) is 0 Å². The Morgan fingerprint density at radius 2 is 1.85 bits per heavy atom. The first-order valence-electron chi connectivity index (χ1n) is 4.40. The molecule has 0 aliphatic heterocycles. The van der Waals surface area contributed by atoms with Crippen LogP contribution in [0.25, 0.3) is 0 Å². The lowest BCUT2D eigenvalue weighted by Crippen LogP contribution is -2.23. The van der Waals surface area contributed by atoms with Gasteiger partial charge in [0.25, 0.3) is 0 Å². The lowest BCUT2D eigenvalue weighted by molar-refractivity contribution is 0.382. The molecule has 0 aromatic carbocycles. The van der Waals surface area contributed by atoms with Gasteiger partial charge in [-0.15, -0.1) is 11.6 Å². The molecule has 1 atom stereocenters. The Kier molecular flexibility index (Phi) is 3.26. The topological polar surface area (TPSA) is 25.8 Å². The molecule has 1 heterocycles. The third-order valence-corrected chi connectivity index (χ3v) is 2.73.